The van der Waals surface area contributed by atoms with Crippen molar-refractivity contribution in [1.29, 1.82) is 0 Å². The topological polar surface area (TPSA) is 61.0 Å². The third-order valence-corrected chi connectivity index (χ3v) is 2.13. The predicted octanol–water partition coefficient (Wildman–Crippen LogP) is 1.98. The Kier molecular flexibility index (Phi) is 2.65. The standard InChI is InChI=1S/C6H8IN3O2/c1-4(2)9-3-5(7)6(8-9)10(11)12/h3-4H,1-2H3. The highest BCUT2D eigenvalue weighted by Gasteiger charge is 2.19. The number of rotatable bonds is 2. The van der Waals surface area contributed by atoms with E-state index < -0.39 is 4.92 Å². The van der Waals surface area contributed by atoms with Gasteiger partial charge in [0.15, 0.2) is 0 Å². The molecule has 1 aromatic rings. The SMILES string of the molecule is CC(C)n1cc(I)c([N+](=O)[O-])n1. The Balaban J connectivity index is 3.09. The van der Waals surface area contributed by atoms with Crippen LogP contribution in [0, 0.1) is 13.7 Å². The highest BCUT2D eigenvalue weighted by Crippen LogP contribution is 2.19. The zero-order valence-electron chi connectivity index (χ0n) is 6.69. The van der Waals surface area contributed by atoms with E-state index in [1.165, 1.54) is 0 Å². The molecule has 0 saturated carbocycles. The first-order valence-electron chi connectivity index (χ1n) is 3.41. The van der Waals surface area contributed by atoms with Gasteiger partial charge in [0.2, 0.25) is 0 Å². The molecule has 0 saturated heterocycles. The van der Waals surface area contributed by atoms with E-state index in [-0.39, 0.29) is 11.9 Å². The van der Waals surface area contributed by atoms with Crippen molar-refractivity contribution in [2.75, 3.05) is 0 Å². The van der Waals surface area contributed by atoms with Crippen LogP contribution in [0.25, 0.3) is 0 Å². The number of nitrogens with zero attached hydrogens (tertiary/aromatic N) is 3. The normalized spacial score (nSPS) is 10.7. The number of hydrogen-bond donors (Lipinski definition) is 0. The number of aromatic nitrogens is 2. The van der Waals surface area contributed by atoms with Gasteiger partial charge in [-0.2, -0.15) is 4.68 Å². The maximum Gasteiger partial charge on any atom is 0.403 e. The smallest absolute Gasteiger partial charge is 0.358 e. The lowest BCUT2D eigenvalue weighted by molar-refractivity contribution is -0.390. The molecule has 0 spiro atoms. The lowest BCUT2D eigenvalue weighted by atomic mass is 10.4. The highest BCUT2D eigenvalue weighted by molar-refractivity contribution is 14.1. The number of nitro groups is 1. The zero-order valence-corrected chi connectivity index (χ0v) is 8.85. The lowest BCUT2D eigenvalue weighted by Crippen LogP contribution is -2.01. The molecule has 6 heteroatoms. The summed E-state index contributed by atoms with van der Waals surface area (Å²) in [5.74, 6) is -0.0655. The van der Waals surface area contributed by atoms with Crippen molar-refractivity contribution < 1.29 is 4.92 Å². The molecule has 1 rings (SSSR count). The molecule has 1 aromatic heterocycles. The molecule has 1 heterocycles. The minimum atomic E-state index is -0.472. The van der Waals surface area contributed by atoms with Crippen LogP contribution in [-0.4, -0.2) is 14.7 Å². The summed E-state index contributed by atoms with van der Waals surface area (Å²) in [5, 5.41) is 14.2. The van der Waals surface area contributed by atoms with E-state index in [9.17, 15) is 10.1 Å². The van der Waals surface area contributed by atoms with E-state index in [4.69, 9.17) is 0 Å². The van der Waals surface area contributed by atoms with Gasteiger partial charge >= 0.3 is 5.82 Å². The van der Waals surface area contributed by atoms with Crippen molar-refractivity contribution in [2.24, 2.45) is 0 Å². The van der Waals surface area contributed by atoms with Crippen LogP contribution >= 0.6 is 22.6 Å². The van der Waals surface area contributed by atoms with Gasteiger partial charge in [0.05, 0.1) is 17.3 Å². The largest absolute Gasteiger partial charge is 0.403 e. The monoisotopic (exact) mass is 281 g/mol. The van der Waals surface area contributed by atoms with Crippen LogP contribution in [0.4, 0.5) is 5.82 Å². The van der Waals surface area contributed by atoms with Gasteiger partial charge < -0.3 is 10.1 Å². The van der Waals surface area contributed by atoms with Crippen LogP contribution in [0.3, 0.4) is 0 Å². The fourth-order valence-corrected chi connectivity index (χ4v) is 1.34. The Hall–Kier alpha value is -0.660. The molecule has 0 radical (unpaired) electrons. The van der Waals surface area contributed by atoms with Crippen molar-refractivity contribution in [3.63, 3.8) is 0 Å². The quantitative estimate of drug-likeness (QED) is 0.473. The molecule has 0 aliphatic rings. The Labute approximate surface area is 83.0 Å². The first-order chi connectivity index (χ1) is 5.52. The molecule has 0 atom stereocenters. The molecule has 66 valence electrons. The first-order valence-corrected chi connectivity index (χ1v) is 4.49. The van der Waals surface area contributed by atoms with Gasteiger partial charge in [0, 0.05) is 0 Å². The predicted molar refractivity (Wildman–Crippen MR) is 52.0 cm³/mol. The molecule has 0 fully saturated rings. The lowest BCUT2D eigenvalue weighted by Gasteiger charge is -1.96. The molecule has 0 unspecified atom stereocenters. The number of halogens is 1. The summed E-state index contributed by atoms with van der Waals surface area (Å²) in [5.41, 5.74) is 0. The number of hydrogen-bond acceptors (Lipinski definition) is 3. The van der Waals surface area contributed by atoms with Crippen molar-refractivity contribution in [1.82, 2.24) is 9.78 Å². The van der Waals surface area contributed by atoms with E-state index >= 15 is 0 Å². The summed E-state index contributed by atoms with van der Waals surface area (Å²) in [4.78, 5) is 9.91. The van der Waals surface area contributed by atoms with E-state index in [1.807, 2.05) is 36.4 Å². The Morgan fingerprint density at radius 1 is 1.75 bits per heavy atom. The maximum atomic E-state index is 10.4. The molecule has 5 nitrogen and oxygen atoms in total. The molecule has 0 aliphatic carbocycles. The molecule has 0 N–H and O–H groups in total. The molecule has 0 bridgehead atoms. The summed E-state index contributed by atoms with van der Waals surface area (Å²) < 4.78 is 2.16. The van der Waals surface area contributed by atoms with Crippen molar-refractivity contribution >= 4 is 28.4 Å². The maximum absolute atomic E-state index is 10.4. The minimum absolute atomic E-state index is 0.0655. The second kappa shape index (κ2) is 3.38. The van der Waals surface area contributed by atoms with Crippen LogP contribution in [0.1, 0.15) is 19.9 Å². The molecule has 0 amide bonds. The van der Waals surface area contributed by atoms with E-state index in [1.54, 1.807) is 10.9 Å². The molecule has 0 aromatic carbocycles. The van der Waals surface area contributed by atoms with Crippen LogP contribution in [0.2, 0.25) is 0 Å². The third kappa shape index (κ3) is 1.74. The fourth-order valence-electron chi connectivity index (χ4n) is 0.748. The second-order valence-corrected chi connectivity index (χ2v) is 3.79. The molecular weight excluding hydrogens is 273 g/mol. The summed E-state index contributed by atoms with van der Waals surface area (Å²) in [6.07, 6.45) is 1.67. The Morgan fingerprint density at radius 2 is 2.33 bits per heavy atom. The Bertz CT molecular complexity index is 308. The molecular formula is C6H8IN3O2. The van der Waals surface area contributed by atoms with Crippen molar-refractivity contribution in [3.8, 4) is 0 Å². The van der Waals surface area contributed by atoms with E-state index in [2.05, 4.69) is 5.10 Å². The van der Waals surface area contributed by atoms with Crippen LogP contribution in [-0.2, 0) is 0 Å². The van der Waals surface area contributed by atoms with Crippen LogP contribution in [0.15, 0.2) is 6.20 Å². The van der Waals surface area contributed by atoms with Crippen LogP contribution < -0.4 is 0 Å². The van der Waals surface area contributed by atoms with Gasteiger partial charge in [0.25, 0.3) is 0 Å². The molecule has 12 heavy (non-hydrogen) atoms. The zero-order chi connectivity index (χ0) is 9.30. The summed E-state index contributed by atoms with van der Waals surface area (Å²) >= 11 is 1.90. The summed E-state index contributed by atoms with van der Waals surface area (Å²) in [6, 6.07) is 0.159. The van der Waals surface area contributed by atoms with E-state index in [0.717, 1.165) is 0 Å². The first kappa shape index (κ1) is 9.43. The fraction of sp³-hybridized carbons (Fsp3) is 0.500. The van der Waals surface area contributed by atoms with Gasteiger partial charge in [-0.05, 0) is 41.4 Å². The Morgan fingerprint density at radius 3 is 2.58 bits per heavy atom. The average Bonchev–Trinajstić information content (AvgIpc) is 2.30. The van der Waals surface area contributed by atoms with Gasteiger partial charge in [-0.1, -0.05) is 0 Å². The highest BCUT2D eigenvalue weighted by atomic mass is 127. The minimum Gasteiger partial charge on any atom is -0.358 e. The van der Waals surface area contributed by atoms with Gasteiger partial charge in [-0.3, -0.25) is 0 Å². The van der Waals surface area contributed by atoms with Crippen LogP contribution in [0.5, 0.6) is 0 Å². The van der Waals surface area contributed by atoms with Gasteiger partial charge in [-0.15, -0.1) is 0 Å². The molecule has 0 aliphatic heterocycles. The van der Waals surface area contributed by atoms with Gasteiger partial charge in [-0.25, -0.2) is 0 Å². The summed E-state index contributed by atoms with van der Waals surface area (Å²) in [6.45, 7) is 3.85. The third-order valence-electron chi connectivity index (χ3n) is 1.37. The van der Waals surface area contributed by atoms with E-state index in [0.29, 0.717) is 3.57 Å². The van der Waals surface area contributed by atoms with Crippen molar-refractivity contribution in [2.45, 2.75) is 19.9 Å². The second-order valence-electron chi connectivity index (χ2n) is 2.63. The average molecular weight is 281 g/mol. The van der Waals surface area contributed by atoms with Crippen molar-refractivity contribution in [3.05, 3.63) is 19.9 Å². The summed E-state index contributed by atoms with van der Waals surface area (Å²) in [7, 11) is 0. The van der Waals surface area contributed by atoms with Gasteiger partial charge in [0.1, 0.15) is 3.57 Å².